The summed E-state index contributed by atoms with van der Waals surface area (Å²) in [5, 5.41) is 0. The number of ether oxygens (including phenoxy) is 2. The first kappa shape index (κ1) is 20.6. The maximum absolute atomic E-state index is 5.92. The molecule has 156 valence electrons. The van der Waals surface area contributed by atoms with Crippen molar-refractivity contribution < 1.29 is 9.47 Å². The Morgan fingerprint density at radius 3 is 2.41 bits per heavy atom. The molecule has 4 rings (SSSR count). The van der Waals surface area contributed by atoms with Crippen LogP contribution in [-0.4, -0.2) is 13.2 Å². The first-order chi connectivity index (χ1) is 13.8. The molecule has 2 aromatic carbocycles. The highest BCUT2D eigenvalue weighted by atomic mass is 16.7. The van der Waals surface area contributed by atoms with E-state index < -0.39 is 5.79 Å². The van der Waals surface area contributed by atoms with E-state index in [0.717, 1.165) is 12.0 Å². The van der Waals surface area contributed by atoms with E-state index in [4.69, 9.17) is 9.47 Å². The van der Waals surface area contributed by atoms with E-state index in [0.29, 0.717) is 30.5 Å². The van der Waals surface area contributed by atoms with Gasteiger partial charge < -0.3 is 9.47 Å². The van der Waals surface area contributed by atoms with Crippen molar-refractivity contribution in [1.82, 2.24) is 0 Å². The fraction of sp³-hybridized carbons (Fsp3) is 0.556. The third-order valence-corrected chi connectivity index (χ3v) is 6.93. The van der Waals surface area contributed by atoms with Crippen molar-refractivity contribution in [3.05, 3.63) is 59.2 Å². The molecule has 29 heavy (non-hydrogen) atoms. The van der Waals surface area contributed by atoms with Gasteiger partial charge in [0.2, 0.25) is 0 Å². The summed E-state index contributed by atoms with van der Waals surface area (Å²) < 4.78 is 11.8. The van der Waals surface area contributed by atoms with Crippen molar-refractivity contribution in [2.24, 2.45) is 11.3 Å². The van der Waals surface area contributed by atoms with Crippen LogP contribution in [0.5, 0.6) is 0 Å². The molecule has 2 nitrogen and oxygen atoms in total. The molecule has 1 aliphatic carbocycles. The molecule has 2 aliphatic rings. The Morgan fingerprint density at radius 1 is 1.00 bits per heavy atom. The second kappa shape index (κ2) is 7.89. The van der Waals surface area contributed by atoms with E-state index in [-0.39, 0.29) is 0 Å². The Bertz CT molecular complexity index is 859. The minimum Gasteiger partial charge on any atom is -0.344 e. The lowest BCUT2D eigenvalue weighted by molar-refractivity contribution is -0.149. The summed E-state index contributed by atoms with van der Waals surface area (Å²) in [6.07, 6.45) is 5.06. The zero-order valence-electron chi connectivity index (χ0n) is 18.8. The van der Waals surface area contributed by atoms with Crippen LogP contribution in [0.1, 0.15) is 76.5 Å². The molecule has 0 radical (unpaired) electrons. The Morgan fingerprint density at radius 2 is 1.76 bits per heavy atom. The minimum atomic E-state index is -0.625. The molecule has 1 aliphatic heterocycles. The van der Waals surface area contributed by atoms with Crippen LogP contribution in [0.3, 0.4) is 0 Å². The molecule has 0 bridgehead atoms. The molecule has 1 atom stereocenters. The molecule has 2 fully saturated rings. The van der Waals surface area contributed by atoms with Crippen LogP contribution in [-0.2, 0) is 21.7 Å². The molecule has 1 saturated carbocycles. The highest BCUT2D eigenvalue weighted by Gasteiger charge is 2.37. The molecule has 2 aromatic rings. The van der Waals surface area contributed by atoms with Gasteiger partial charge in [-0.1, -0.05) is 70.5 Å². The summed E-state index contributed by atoms with van der Waals surface area (Å²) in [5.41, 5.74) is 7.10. The first-order valence-corrected chi connectivity index (χ1v) is 11.3. The summed E-state index contributed by atoms with van der Waals surface area (Å²) in [4.78, 5) is 0. The van der Waals surface area contributed by atoms with Crippen molar-refractivity contribution in [1.29, 1.82) is 0 Å². The van der Waals surface area contributed by atoms with Gasteiger partial charge in [-0.25, -0.2) is 0 Å². The molecule has 1 heterocycles. The van der Waals surface area contributed by atoms with Crippen LogP contribution in [0.4, 0.5) is 0 Å². The van der Waals surface area contributed by atoms with Crippen LogP contribution in [0, 0.1) is 11.3 Å². The fourth-order valence-corrected chi connectivity index (χ4v) is 5.32. The molecule has 0 N–H and O–H groups in total. The number of benzene rings is 2. The lowest BCUT2D eigenvalue weighted by Crippen LogP contribution is -2.22. The summed E-state index contributed by atoms with van der Waals surface area (Å²) in [6, 6.07) is 16.0. The number of hydrogen-bond donors (Lipinski definition) is 0. The molecular weight excluding hydrogens is 356 g/mol. The van der Waals surface area contributed by atoms with Gasteiger partial charge in [0, 0.05) is 5.56 Å². The van der Waals surface area contributed by atoms with E-state index in [1.165, 1.54) is 41.5 Å². The fourth-order valence-electron chi connectivity index (χ4n) is 5.32. The quantitative estimate of drug-likeness (QED) is 0.542. The molecule has 0 amide bonds. The number of rotatable bonds is 5. The lowest BCUT2D eigenvalue weighted by atomic mass is 9.75. The number of hydrogen-bond acceptors (Lipinski definition) is 2. The summed E-state index contributed by atoms with van der Waals surface area (Å²) >= 11 is 0. The van der Waals surface area contributed by atoms with Crippen LogP contribution < -0.4 is 0 Å². The van der Waals surface area contributed by atoms with Gasteiger partial charge in [-0.05, 0) is 71.8 Å². The zero-order valence-corrected chi connectivity index (χ0v) is 18.8. The summed E-state index contributed by atoms with van der Waals surface area (Å²) in [6.45, 7) is 12.9. The normalized spacial score (nSPS) is 23.0. The Kier molecular flexibility index (Phi) is 5.61. The van der Waals surface area contributed by atoms with Crippen molar-refractivity contribution >= 4 is 0 Å². The smallest absolute Gasteiger partial charge is 0.192 e. The van der Waals surface area contributed by atoms with Crippen molar-refractivity contribution in [3.63, 3.8) is 0 Å². The van der Waals surface area contributed by atoms with E-state index in [1.54, 1.807) is 0 Å². The van der Waals surface area contributed by atoms with E-state index >= 15 is 0 Å². The van der Waals surface area contributed by atoms with Crippen LogP contribution in [0.2, 0.25) is 0 Å². The van der Waals surface area contributed by atoms with Gasteiger partial charge in [-0.3, -0.25) is 0 Å². The Balaban J connectivity index is 1.79. The lowest BCUT2D eigenvalue weighted by Gasteiger charge is -2.30. The van der Waals surface area contributed by atoms with Crippen molar-refractivity contribution in [2.45, 2.75) is 72.0 Å². The highest BCUT2D eigenvalue weighted by Crippen LogP contribution is 2.51. The average Bonchev–Trinajstić information content (AvgIpc) is 3.27. The third-order valence-electron chi connectivity index (χ3n) is 6.93. The molecule has 0 aromatic heterocycles. The largest absolute Gasteiger partial charge is 0.344 e. The second-order valence-corrected chi connectivity index (χ2v) is 10.2. The van der Waals surface area contributed by atoms with Crippen LogP contribution >= 0.6 is 0 Å². The van der Waals surface area contributed by atoms with Gasteiger partial charge >= 0.3 is 0 Å². The third kappa shape index (κ3) is 4.15. The first-order valence-electron chi connectivity index (χ1n) is 11.3. The Hall–Kier alpha value is -1.64. The average molecular weight is 393 g/mol. The van der Waals surface area contributed by atoms with E-state index in [9.17, 15) is 0 Å². The predicted octanol–water partition coefficient (Wildman–Crippen LogP) is 7.07. The predicted molar refractivity (Wildman–Crippen MR) is 120 cm³/mol. The van der Waals surface area contributed by atoms with Crippen molar-refractivity contribution in [3.8, 4) is 11.1 Å². The van der Waals surface area contributed by atoms with Gasteiger partial charge in [-0.15, -0.1) is 0 Å². The van der Waals surface area contributed by atoms with Gasteiger partial charge in [0.15, 0.2) is 5.79 Å². The molecule has 0 unspecified atom stereocenters. The van der Waals surface area contributed by atoms with Gasteiger partial charge in [0.1, 0.15) is 0 Å². The summed E-state index contributed by atoms with van der Waals surface area (Å²) in [5.74, 6) is 0.661. The second-order valence-electron chi connectivity index (χ2n) is 10.2. The maximum Gasteiger partial charge on any atom is 0.192 e. The van der Waals surface area contributed by atoms with E-state index in [2.05, 4.69) is 70.2 Å². The van der Waals surface area contributed by atoms with Gasteiger partial charge in [0.25, 0.3) is 0 Å². The van der Waals surface area contributed by atoms with E-state index in [1.807, 2.05) is 6.92 Å². The molecular formula is C27H36O2. The molecule has 0 spiro atoms. The standard InChI is InChI=1S/C27H36O2/c1-19(2)16-20-11-12-23(24(17-20)25-10-7-13-26(25,3)4)21-8-6-9-22(18-21)27(5)28-14-15-29-27/h6,8-9,11-12,17-19,25H,7,10,13-16H2,1-5H3/t25-/m0/s1. The Labute approximate surface area is 176 Å². The van der Waals surface area contributed by atoms with Crippen LogP contribution in [0.15, 0.2) is 42.5 Å². The minimum absolute atomic E-state index is 0.354. The topological polar surface area (TPSA) is 18.5 Å². The molecule has 1 saturated heterocycles. The maximum atomic E-state index is 5.92. The monoisotopic (exact) mass is 392 g/mol. The van der Waals surface area contributed by atoms with Gasteiger partial charge in [0.05, 0.1) is 13.2 Å². The van der Waals surface area contributed by atoms with Crippen LogP contribution in [0.25, 0.3) is 11.1 Å². The summed E-state index contributed by atoms with van der Waals surface area (Å²) in [7, 11) is 0. The zero-order chi connectivity index (χ0) is 20.6. The van der Waals surface area contributed by atoms with Gasteiger partial charge in [-0.2, -0.15) is 0 Å². The molecule has 2 heteroatoms. The SMILES string of the molecule is CC(C)Cc1ccc(-c2cccc(C3(C)OCCO3)c2)c([C@@H]2CCCC2(C)C)c1. The highest BCUT2D eigenvalue weighted by molar-refractivity contribution is 5.70. The van der Waals surface area contributed by atoms with Crippen molar-refractivity contribution in [2.75, 3.05) is 13.2 Å².